The number of aryl methyl sites for hydroxylation is 1. The van der Waals surface area contributed by atoms with Crippen molar-refractivity contribution in [3.8, 4) is 22.8 Å². The molecule has 1 fully saturated rings. The molecule has 5 rings (SSSR count). The predicted octanol–water partition coefficient (Wildman–Crippen LogP) is 3.83. The number of hydrogen-bond acceptors (Lipinski definition) is 7. The first-order valence-electron chi connectivity index (χ1n) is 10.0. The second-order valence-corrected chi connectivity index (χ2v) is 7.36. The third kappa shape index (κ3) is 3.61. The van der Waals surface area contributed by atoms with Crippen LogP contribution in [0.25, 0.3) is 22.8 Å². The minimum atomic E-state index is 0.436. The minimum Gasteiger partial charge on any atom is -0.368 e. The van der Waals surface area contributed by atoms with Crippen molar-refractivity contribution in [2.24, 2.45) is 0 Å². The number of piperazine rings is 1. The molecule has 0 radical (unpaired) electrons. The number of anilines is 2. The monoisotopic (exact) mass is 398 g/mol. The molecule has 3 heterocycles. The number of benzene rings is 2. The van der Waals surface area contributed by atoms with Crippen LogP contribution in [0.1, 0.15) is 5.56 Å². The van der Waals surface area contributed by atoms with Crippen LogP contribution in [0.5, 0.6) is 0 Å². The predicted molar refractivity (Wildman–Crippen MR) is 116 cm³/mol. The first-order valence-corrected chi connectivity index (χ1v) is 10.0. The van der Waals surface area contributed by atoms with Gasteiger partial charge in [0.15, 0.2) is 0 Å². The van der Waals surface area contributed by atoms with Crippen LogP contribution in [0.4, 0.5) is 11.5 Å². The van der Waals surface area contributed by atoms with E-state index in [4.69, 9.17) is 4.52 Å². The second kappa shape index (κ2) is 7.94. The molecule has 2 aromatic heterocycles. The van der Waals surface area contributed by atoms with Crippen LogP contribution in [0.15, 0.2) is 71.6 Å². The quantitative estimate of drug-likeness (QED) is 0.517. The molecule has 4 aromatic rings. The van der Waals surface area contributed by atoms with Gasteiger partial charge in [0.2, 0.25) is 5.82 Å². The van der Waals surface area contributed by atoms with Crippen molar-refractivity contribution in [2.75, 3.05) is 36.0 Å². The molecule has 0 bridgehead atoms. The van der Waals surface area contributed by atoms with Crippen LogP contribution in [-0.4, -0.2) is 46.3 Å². The van der Waals surface area contributed by atoms with Gasteiger partial charge in [-0.2, -0.15) is 4.98 Å². The van der Waals surface area contributed by atoms with Gasteiger partial charge in [-0.25, -0.2) is 9.97 Å². The summed E-state index contributed by atoms with van der Waals surface area (Å²) in [5.74, 6) is 1.83. The lowest BCUT2D eigenvalue weighted by Crippen LogP contribution is -2.47. The van der Waals surface area contributed by atoms with E-state index in [0.717, 1.165) is 43.1 Å². The van der Waals surface area contributed by atoms with E-state index in [-0.39, 0.29) is 0 Å². The van der Waals surface area contributed by atoms with Crippen molar-refractivity contribution in [1.82, 2.24) is 20.1 Å². The van der Waals surface area contributed by atoms with Crippen LogP contribution in [0, 0.1) is 6.92 Å². The average Bonchev–Trinajstić information content (AvgIpc) is 3.30. The molecule has 30 heavy (non-hydrogen) atoms. The van der Waals surface area contributed by atoms with Gasteiger partial charge in [-0.05, 0) is 24.6 Å². The third-order valence-corrected chi connectivity index (χ3v) is 5.33. The van der Waals surface area contributed by atoms with Crippen molar-refractivity contribution < 1.29 is 4.52 Å². The Morgan fingerprint density at radius 1 is 0.900 bits per heavy atom. The lowest BCUT2D eigenvalue weighted by atomic mass is 10.2. The summed E-state index contributed by atoms with van der Waals surface area (Å²) in [4.78, 5) is 18.0. The molecule has 0 N–H and O–H groups in total. The molecule has 1 aliphatic heterocycles. The van der Waals surface area contributed by atoms with E-state index < -0.39 is 0 Å². The highest BCUT2D eigenvalue weighted by Crippen LogP contribution is 2.30. The van der Waals surface area contributed by atoms with Gasteiger partial charge in [0.05, 0.1) is 0 Å². The Labute approximate surface area is 175 Å². The topological polar surface area (TPSA) is 71.2 Å². The number of hydrogen-bond donors (Lipinski definition) is 0. The summed E-state index contributed by atoms with van der Waals surface area (Å²) in [6.07, 6.45) is 3.32. The van der Waals surface area contributed by atoms with Crippen molar-refractivity contribution in [2.45, 2.75) is 6.92 Å². The third-order valence-electron chi connectivity index (χ3n) is 5.33. The molecule has 1 aliphatic rings. The average molecular weight is 398 g/mol. The molecule has 0 atom stereocenters. The van der Waals surface area contributed by atoms with E-state index in [0.29, 0.717) is 11.7 Å². The zero-order valence-electron chi connectivity index (χ0n) is 16.8. The molecule has 0 unspecified atom stereocenters. The standard InChI is InChI=1S/C23H22N6O/c1-17-6-5-9-19(14-17)28-10-12-29(13-11-28)22-20(15-24-16-25-22)23-26-21(27-30-23)18-7-3-2-4-8-18/h2-9,14-16H,10-13H2,1H3. The van der Waals surface area contributed by atoms with Gasteiger partial charge in [0.1, 0.15) is 17.7 Å². The van der Waals surface area contributed by atoms with E-state index in [9.17, 15) is 0 Å². The Morgan fingerprint density at radius 2 is 1.70 bits per heavy atom. The summed E-state index contributed by atoms with van der Waals surface area (Å²) >= 11 is 0. The SMILES string of the molecule is Cc1cccc(N2CCN(c3ncncc3-c3nc(-c4ccccc4)no3)CC2)c1. The van der Waals surface area contributed by atoms with Gasteiger partial charge in [-0.1, -0.05) is 47.6 Å². The van der Waals surface area contributed by atoms with Gasteiger partial charge in [0.25, 0.3) is 5.89 Å². The zero-order valence-corrected chi connectivity index (χ0v) is 16.8. The van der Waals surface area contributed by atoms with Crippen LogP contribution < -0.4 is 9.80 Å². The molecule has 0 saturated carbocycles. The van der Waals surface area contributed by atoms with E-state index in [1.165, 1.54) is 11.3 Å². The van der Waals surface area contributed by atoms with E-state index in [1.54, 1.807) is 12.5 Å². The largest absolute Gasteiger partial charge is 0.368 e. The molecule has 0 spiro atoms. The maximum Gasteiger partial charge on any atom is 0.263 e. The molecule has 1 saturated heterocycles. The van der Waals surface area contributed by atoms with Crippen LogP contribution in [0.2, 0.25) is 0 Å². The molecular formula is C23H22N6O. The highest BCUT2D eigenvalue weighted by Gasteiger charge is 2.23. The highest BCUT2D eigenvalue weighted by molar-refractivity contribution is 5.70. The molecule has 7 nitrogen and oxygen atoms in total. The molecule has 2 aromatic carbocycles. The van der Waals surface area contributed by atoms with Crippen molar-refractivity contribution in [3.05, 3.63) is 72.7 Å². The second-order valence-electron chi connectivity index (χ2n) is 7.36. The first kappa shape index (κ1) is 18.3. The molecular weight excluding hydrogens is 376 g/mol. The summed E-state index contributed by atoms with van der Waals surface area (Å²) in [5, 5.41) is 4.14. The van der Waals surface area contributed by atoms with Gasteiger partial charge in [-0.3, -0.25) is 0 Å². The Balaban J connectivity index is 1.37. The van der Waals surface area contributed by atoms with Gasteiger partial charge in [0, 0.05) is 43.6 Å². The van der Waals surface area contributed by atoms with Crippen LogP contribution in [0.3, 0.4) is 0 Å². The van der Waals surface area contributed by atoms with Gasteiger partial charge >= 0.3 is 0 Å². The molecule has 0 aliphatic carbocycles. The normalized spacial score (nSPS) is 14.2. The lowest BCUT2D eigenvalue weighted by Gasteiger charge is -2.37. The Hall–Kier alpha value is -3.74. The van der Waals surface area contributed by atoms with Gasteiger partial charge in [-0.15, -0.1) is 0 Å². The molecule has 150 valence electrons. The maximum atomic E-state index is 5.56. The first-order chi connectivity index (χ1) is 14.8. The maximum absolute atomic E-state index is 5.56. The number of rotatable bonds is 4. The van der Waals surface area contributed by atoms with Crippen molar-refractivity contribution in [3.63, 3.8) is 0 Å². The van der Waals surface area contributed by atoms with Gasteiger partial charge < -0.3 is 14.3 Å². The zero-order chi connectivity index (χ0) is 20.3. The number of nitrogens with zero attached hydrogens (tertiary/aromatic N) is 6. The fraction of sp³-hybridized carbons (Fsp3) is 0.217. The summed E-state index contributed by atoms with van der Waals surface area (Å²) in [5.41, 5.74) is 4.22. The van der Waals surface area contributed by atoms with E-state index in [2.05, 4.69) is 61.1 Å². The Bertz CT molecular complexity index is 1140. The lowest BCUT2D eigenvalue weighted by molar-refractivity contribution is 0.432. The highest BCUT2D eigenvalue weighted by atomic mass is 16.5. The van der Waals surface area contributed by atoms with E-state index >= 15 is 0 Å². The van der Waals surface area contributed by atoms with Crippen LogP contribution >= 0.6 is 0 Å². The summed E-state index contributed by atoms with van der Waals surface area (Å²) in [6, 6.07) is 18.4. The molecule has 0 amide bonds. The number of aromatic nitrogens is 4. The fourth-order valence-corrected chi connectivity index (χ4v) is 3.76. The Kier molecular flexibility index (Phi) is 4.85. The van der Waals surface area contributed by atoms with Crippen molar-refractivity contribution >= 4 is 11.5 Å². The van der Waals surface area contributed by atoms with E-state index in [1.807, 2.05) is 30.3 Å². The van der Waals surface area contributed by atoms with Crippen molar-refractivity contribution in [1.29, 1.82) is 0 Å². The summed E-state index contributed by atoms with van der Waals surface area (Å²) in [6.45, 7) is 5.69. The fourth-order valence-electron chi connectivity index (χ4n) is 3.76. The molecule has 7 heteroatoms. The Morgan fingerprint density at radius 3 is 2.50 bits per heavy atom. The smallest absolute Gasteiger partial charge is 0.263 e. The minimum absolute atomic E-state index is 0.436. The van der Waals surface area contributed by atoms with Crippen LogP contribution in [-0.2, 0) is 0 Å². The summed E-state index contributed by atoms with van der Waals surface area (Å²) < 4.78 is 5.56. The summed E-state index contributed by atoms with van der Waals surface area (Å²) in [7, 11) is 0.